The minimum atomic E-state index is -0.803. The highest BCUT2D eigenvalue weighted by Crippen LogP contribution is 2.14. The molecule has 0 bridgehead atoms. The molecule has 0 aromatic carbocycles. The van der Waals surface area contributed by atoms with Gasteiger partial charge in [0.25, 0.3) is 0 Å². The zero-order valence-corrected chi connectivity index (χ0v) is 41.1. The van der Waals surface area contributed by atoms with Crippen molar-refractivity contribution in [3.05, 3.63) is 85.1 Å². The summed E-state index contributed by atoms with van der Waals surface area (Å²) in [7, 11) is 0. The first-order valence-corrected chi connectivity index (χ1v) is 26.1. The fourth-order valence-electron chi connectivity index (χ4n) is 6.98. The topological polar surface area (TPSA) is 78.9 Å². The van der Waals surface area contributed by atoms with Crippen LogP contribution in [0, 0.1) is 0 Å². The second kappa shape index (κ2) is 51.2. The smallest absolute Gasteiger partial charge is 0.306 e. The molecule has 1 atom stereocenters. The van der Waals surface area contributed by atoms with Crippen molar-refractivity contribution >= 4 is 17.9 Å². The summed E-state index contributed by atoms with van der Waals surface area (Å²) in [4.78, 5) is 38.0. The highest BCUT2D eigenvalue weighted by molar-refractivity contribution is 5.71. The van der Waals surface area contributed by atoms with Crippen molar-refractivity contribution in [3.63, 3.8) is 0 Å². The maximum atomic E-state index is 12.8. The van der Waals surface area contributed by atoms with E-state index in [9.17, 15) is 14.4 Å². The lowest BCUT2D eigenvalue weighted by Gasteiger charge is -2.18. The normalized spacial score (nSPS) is 12.7. The summed E-state index contributed by atoms with van der Waals surface area (Å²) in [6, 6.07) is 0. The Morgan fingerprint density at radius 1 is 0.333 bits per heavy atom. The third-order valence-electron chi connectivity index (χ3n) is 10.9. The molecule has 0 aromatic rings. The van der Waals surface area contributed by atoms with Crippen LogP contribution in [0.5, 0.6) is 0 Å². The predicted octanol–water partition coefficient (Wildman–Crippen LogP) is 17.2. The van der Waals surface area contributed by atoms with E-state index >= 15 is 0 Å². The van der Waals surface area contributed by atoms with E-state index < -0.39 is 6.10 Å². The Bertz CT molecular complexity index is 1240. The van der Waals surface area contributed by atoms with Crippen LogP contribution < -0.4 is 0 Å². The van der Waals surface area contributed by atoms with Crippen LogP contribution in [-0.4, -0.2) is 37.2 Å². The lowest BCUT2D eigenvalue weighted by Crippen LogP contribution is -2.30. The number of carbonyl (C=O) groups is 3. The number of hydrogen-bond donors (Lipinski definition) is 0. The van der Waals surface area contributed by atoms with E-state index in [0.717, 1.165) is 103 Å². The third-order valence-corrected chi connectivity index (χ3v) is 10.9. The largest absolute Gasteiger partial charge is 0.462 e. The Morgan fingerprint density at radius 2 is 0.635 bits per heavy atom. The molecule has 0 unspecified atom stereocenters. The van der Waals surface area contributed by atoms with Crippen LogP contribution in [0.25, 0.3) is 0 Å². The van der Waals surface area contributed by atoms with Gasteiger partial charge in [-0.05, 0) is 89.9 Å². The van der Waals surface area contributed by atoms with Crippen molar-refractivity contribution in [1.29, 1.82) is 0 Å². The van der Waals surface area contributed by atoms with Gasteiger partial charge in [-0.25, -0.2) is 0 Å². The molecule has 0 radical (unpaired) electrons. The quantitative estimate of drug-likeness (QED) is 0.0262. The molecule has 0 rings (SSSR count). The first-order chi connectivity index (χ1) is 31.0. The van der Waals surface area contributed by atoms with Gasteiger partial charge in [-0.2, -0.15) is 0 Å². The Morgan fingerprint density at radius 3 is 1.06 bits per heavy atom. The summed E-state index contributed by atoms with van der Waals surface area (Å²) >= 11 is 0. The van der Waals surface area contributed by atoms with E-state index in [0.29, 0.717) is 19.3 Å². The molecule has 0 amide bonds. The van der Waals surface area contributed by atoms with Crippen molar-refractivity contribution in [2.24, 2.45) is 0 Å². The fourth-order valence-corrected chi connectivity index (χ4v) is 6.98. The van der Waals surface area contributed by atoms with Gasteiger partial charge in [0.2, 0.25) is 0 Å². The Kier molecular flexibility index (Phi) is 48.5. The van der Waals surface area contributed by atoms with Gasteiger partial charge in [0.05, 0.1) is 0 Å². The minimum Gasteiger partial charge on any atom is -0.462 e. The second-order valence-corrected chi connectivity index (χ2v) is 17.1. The van der Waals surface area contributed by atoms with Crippen LogP contribution >= 0.6 is 0 Å². The van der Waals surface area contributed by atoms with Crippen LogP contribution in [-0.2, 0) is 28.6 Å². The Hall–Kier alpha value is -3.41. The average Bonchev–Trinajstić information content (AvgIpc) is 3.28. The molecular formula is C57H96O6. The highest BCUT2D eigenvalue weighted by atomic mass is 16.6. The van der Waals surface area contributed by atoms with Crippen LogP contribution in [0.4, 0.5) is 0 Å². The molecule has 360 valence electrons. The van der Waals surface area contributed by atoms with Crippen molar-refractivity contribution < 1.29 is 28.6 Å². The lowest BCUT2D eigenvalue weighted by atomic mass is 10.0. The number of ether oxygens (including phenoxy) is 3. The van der Waals surface area contributed by atoms with E-state index in [1.54, 1.807) is 0 Å². The van der Waals surface area contributed by atoms with Gasteiger partial charge in [0.15, 0.2) is 6.10 Å². The van der Waals surface area contributed by atoms with Gasteiger partial charge in [-0.1, -0.05) is 215 Å². The van der Waals surface area contributed by atoms with E-state index in [1.165, 1.54) is 89.9 Å². The third kappa shape index (κ3) is 49.5. The Labute approximate surface area is 388 Å². The molecule has 6 heteroatoms. The molecule has 63 heavy (non-hydrogen) atoms. The van der Waals surface area contributed by atoms with Crippen LogP contribution in [0.1, 0.15) is 239 Å². The molecule has 0 aromatic heterocycles. The summed E-state index contributed by atoms with van der Waals surface area (Å²) < 4.78 is 16.7. The molecule has 0 saturated heterocycles. The summed E-state index contributed by atoms with van der Waals surface area (Å²) in [6.45, 7) is 6.43. The first kappa shape index (κ1) is 59.6. The number of unbranched alkanes of at least 4 members (excludes halogenated alkanes) is 21. The fraction of sp³-hybridized carbons (Fsp3) is 0.702. The van der Waals surface area contributed by atoms with Gasteiger partial charge in [0, 0.05) is 19.3 Å². The molecular weight excluding hydrogens is 781 g/mol. The maximum absolute atomic E-state index is 12.8. The minimum absolute atomic E-state index is 0.100. The number of rotatable bonds is 46. The summed E-state index contributed by atoms with van der Waals surface area (Å²) in [5.74, 6) is -0.972. The zero-order valence-electron chi connectivity index (χ0n) is 41.1. The Balaban J connectivity index is 4.49. The number of allylic oxidation sites excluding steroid dienone is 14. The standard InChI is InChI=1S/C57H96O6/c1-4-7-10-13-16-19-22-25-27-28-30-33-35-38-41-44-47-50-56(59)62-53-54(63-57(60)51-48-45-42-39-36-31-24-21-18-15-12-9-6-3)52-61-55(58)49-46-43-40-37-34-32-29-26-23-20-17-14-11-8-5-2/h7,10,16-17,19-20,25-27,29-30,33,38,41,54H,4-6,8-9,11-15,18,21-24,28,31-32,34-37,39-40,42-53H2,1-3H3/b10-7-,19-16-,20-17-,27-25-,29-26-,33-30-,41-38-/t54-/m0/s1. The van der Waals surface area contributed by atoms with Crippen LogP contribution in [0.15, 0.2) is 85.1 Å². The SMILES string of the molecule is CC/C=C\C/C=C\C/C=C\C/C=C\C/C=C\CCCC(=O)OC[C@H](COC(=O)CCCCCCC/C=C\C/C=C\CCCCC)OC(=O)CCCCCCCCCCCCCCC. The molecule has 0 aliphatic rings. The molecule has 0 aliphatic heterocycles. The highest BCUT2D eigenvalue weighted by Gasteiger charge is 2.19. The molecule has 6 nitrogen and oxygen atoms in total. The number of esters is 3. The average molecular weight is 877 g/mol. The summed E-state index contributed by atoms with van der Waals surface area (Å²) in [5.41, 5.74) is 0. The van der Waals surface area contributed by atoms with Crippen molar-refractivity contribution in [2.75, 3.05) is 13.2 Å². The molecule has 0 spiro atoms. The van der Waals surface area contributed by atoms with E-state index in [2.05, 4.69) is 106 Å². The monoisotopic (exact) mass is 877 g/mol. The molecule has 0 saturated carbocycles. The molecule has 0 fully saturated rings. The van der Waals surface area contributed by atoms with E-state index in [4.69, 9.17) is 14.2 Å². The maximum Gasteiger partial charge on any atom is 0.306 e. The van der Waals surface area contributed by atoms with Crippen molar-refractivity contribution in [2.45, 2.75) is 245 Å². The van der Waals surface area contributed by atoms with Crippen LogP contribution in [0.3, 0.4) is 0 Å². The predicted molar refractivity (Wildman–Crippen MR) is 270 cm³/mol. The van der Waals surface area contributed by atoms with E-state index in [1.807, 2.05) is 0 Å². The summed E-state index contributed by atoms with van der Waals surface area (Å²) in [6.07, 6.45) is 65.7. The van der Waals surface area contributed by atoms with E-state index in [-0.39, 0.29) is 37.5 Å². The van der Waals surface area contributed by atoms with Gasteiger partial charge in [-0.15, -0.1) is 0 Å². The number of carbonyl (C=O) groups excluding carboxylic acids is 3. The first-order valence-electron chi connectivity index (χ1n) is 26.1. The second-order valence-electron chi connectivity index (χ2n) is 17.1. The van der Waals surface area contributed by atoms with Crippen molar-refractivity contribution in [1.82, 2.24) is 0 Å². The van der Waals surface area contributed by atoms with Gasteiger partial charge < -0.3 is 14.2 Å². The van der Waals surface area contributed by atoms with Gasteiger partial charge >= 0.3 is 17.9 Å². The van der Waals surface area contributed by atoms with Crippen molar-refractivity contribution in [3.8, 4) is 0 Å². The molecule has 0 N–H and O–H groups in total. The zero-order chi connectivity index (χ0) is 45.8. The number of hydrogen-bond acceptors (Lipinski definition) is 6. The lowest BCUT2D eigenvalue weighted by molar-refractivity contribution is -0.167. The molecule has 0 aliphatic carbocycles. The van der Waals surface area contributed by atoms with Gasteiger partial charge in [0.1, 0.15) is 13.2 Å². The van der Waals surface area contributed by atoms with Crippen LogP contribution in [0.2, 0.25) is 0 Å². The summed E-state index contributed by atoms with van der Waals surface area (Å²) in [5, 5.41) is 0. The van der Waals surface area contributed by atoms with Gasteiger partial charge in [-0.3, -0.25) is 14.4 Å². The molecule has 0 heterocycles.